The molecule has 2 heteroatoms. The molecule has 0 aliphatic rings. The largest absolute Gasteiger partial charge is 0.392 e. The van der Waals surface area contributed by atoms with E-state index in [4.69, 9.17) is 5.11 Å². The Balaban J connectivity index is 2.54. The predicted molar refractivity (Wildman–Crippen MR) is 25.2 cm³/mol. The highest BCUT2D eigenvalue weighted by molar-refractivity contribution is 7.80. The van der Waals surface area contributed by atoms with Crippen LogP contribution in [0.4, 0.5) is 0 Å². The Morgan fingerprint density at radius 2 is 2.20 bits per heavy atom. The molecule has 1 unspecified atom stereocenters. The zero-order chi connectivity index (χ0) is 4.28. The molecule has 0 aliphatic carbocycles. The van der Waals surface area contributed by atoms with Crippen molar-refractivity contribution in [3.63, 3.8) is 0 Å². The number of hydrogen-bond acceptors (Lipinski definition) is 2. The number of hydrogen-bond donors (Lipinski definition) is 2. The molecule has 0 spiro atoms. The second-order valence-electron chi connectivity index (χ2n) is 0.836. The number of rotatable bonds is 1. The lowest BCUT2D eigenvalue weighted by atomic mass is 10.5. The molecule has 0 rings (SSSR count). The minimum Gasteiger partial charge on any atom is -0.392 e. The van der Waals surface area contributed by atoms with Crippen LogP contribution in [0.5, 0.6) is 0 Å². The van der Waals surface area contributed by atoms with Crippen molar-refractivity contribution < 1.29 is 5.11 Å². The molecule has 0 aromatic carbocycles. The Kier molecular flexibility index (Phi) is 2.70. The van der Waals surface area contributed by atoms with Crippen LogP contribution in [0.25, 0.3) is 0 Å². The van der Waals surface area contributed by atoms with E-state index in [1.165, 1.54) is 0 Å². The molecule has 0 fully saturated rings. The first kappa shape index (κ1) is 5.31. The van der Waals surface area contributed by atoms with Crippen LogP contribution in [0.1, 0.15) is 0 Å². The third kappa shape index (κ3) is 4.31. The van der Waals surface area contributed by atoms with E-state index in [0.717, 1.165) is 0 Å². The first-order valence-corrected chi connectivity index (χ1v) is 2.02. The van der Waals surface area contributed by atoms with Crippen LogP contribution >= 0.6 is 12.6 Å². The van der Waals surface area contributed by atoms with Gasteiger partial charge in [-0.15, -0.1) is 0 Å². The second-order valence-corrected chi connectivity index (χ2v) is 1.20. The quantitative estimate of drug-likeness (QED) is 0.439. The Labute approximate surface area is 37.4 Å². The lowest BCUT2D eigenvalue weighted by Crippen LogP contribution is -1.99. The SMILES string of the molecule is [CH2]C(O)CS. The van der Waals surface area contributed by atoms with Crippen molar-refractivity contribution in [1.29, 1.82) is 0 Å². The fraction of sp³-hybridized carbons (Fsp3) is 0.667. The van der Waals surface area contributed by atoms with Gasteiger partial charge in [-0.3, -0.25) is 0 Å². The number of aliphatic hydroxyl groups is 1. The highest BCUT2D eigenvalue weighted by Crippen LogP contribution is 1.78. The van der Waals surface area contributed by atoms with Crippen LogP contribution in [0.3, 0.4) is 0 Å². The van der Waals surface area contributed by atoms with Crippen molar-refractivity contribution >= 4 is 12.6 Å². The standard InChI is InChI=1S/C3H7OS/c1-3(4)2-5/h3-5H,1-2H2. The summed E-state index contributed by atoms with van der Waals surface area (Å²) in [7, 11) is 0. The normalized spacial score (nSPS) is 15.0. The highest BCUT2D eigenvalue weighted by Gasteiger charge is 1.82. The van der Waals surface area contributed by atoms with E-state index in [9.17, 15) is 0 Å². The van der Waals surface area contributed by atoms with Crippen molar-refractivity contribution in [2.24, 2.45) is 0 Å². The summed E-state index contributed by atoms with van der Waals surface area (Å²) in [6.07, 6.45) is -0.502. The summed E-state index contributed by atoms with van der Waals surface area (Å²) in [6, 6.07) is 0. The van der Waals surface area contributed by atoms with Crippen molar-refractivity contribution in [1.82, 2.24) is 0 Å². The maximum atomic E-state index is 8.17. The number of thiol groups is 1. The minimum atomic E-state index is -0.502. The van der Waals surface area contributed by atoms with Gasteiger partial charge in [0.25, 0.3) is 0 Å². The third-order valence-corrected chi connectivity index (χ3v) is 0.632. The Morgan fingerprint density at radius 3 is 2.20 bits per heavy atom. The molecule has 1 nitrogen and oxygen atoms in total. The van der Waals surface area contributed by atoms with Gasteiger partial charge in [0, 0.05) is 5.75 Å². The van der Waals surface area contributed by atoms with Gasteiger partial charge in [-0.25, -0.2) is 0 Å². The second kappa shape index (κ2) is 2.54. The van der Waals surface area contributed by atoms with Crippen LogP contribution in [0.2, 0.25) is 0 Å². The van der Waals surface area contributed by atoms with Gasteiger partial charge in [-0.1, -0.05) is 0 Å². The summed E-state index contributed by atoms with van der Waals surface area (Å²) < 4.78 is 0. The summed E-state index contributed by atoms with van der Waals surface area (Å²) in [6.45, 7) is 3.24. The van der Waals surface area contributed by atoms with Crippen molar-refractivity contribution in [2.45, 2.75) is 6.10 Å². The molecule has 0 bridgehead atoms. The van der Waals surface area contributed by atoms with Crippen molar-refractivity contribution in [2.75, 3.05) is 5.75 Å². The maximum Gasteiger partial charge on any atom is 0.0629 e. The Bertz CT molecular complexity index is 20.9. The zero-order valence-electron chi connectivity index (χ0n) is 2.89. The van der Waals surface area contributed by atoms with Crippen LogP contribution < -0.4 is 0 Å². The zero-order valence-corrected chi connectivity index (χ0v) is 3.78. The van der Waals surface area contributed by atoms with E-state index in [1.807, 2.05) is 0 Å². The van der Waals surface area contributed by atoms with Gasteiger partial charge in [-0.05, 0) is 6.92 Å². The van der Waals surface area contributed by atoms with Gasteiger partial charge in [0.1, 0.15) is 0 Å². The van der Waals surface area contributed by atoms with Crippen LogP contribution in [-0.4, -0.2) is 17.0 Å². The maximum absolute atomic E-state index is 8.17. The fourth-order valence-electron chi connectivity index (χ4n) is 0. The molecule has 0 saturated heterocycles. The summed E-state index contributed by atoms with van der Waals surface area (Å²) in [4.78, 5) is 0. The van der Waals surface area contributed by atoms with Gasteiger partial charge in [0.05, 0.1) is 6.10 Å². The van der Waals surface area contributed by atoms with E-state index in [1.54, 1.807) is 0 Å². The smallest absolute Gasteiger partial charge is 0.0629 e. The Morgan fingerprint density at radius 1 is 2.00 bits per heavy atom. The lowest BCUT2D eigenvalue weighted by Gasteiger charge is -1.89. The summed E-state index contributed by atoms with van der Waals surface area (Å²) in [5.74, 6) is 0.444. The Hall–Kier alpha value is 0.310. The average molecular weight is 91.2 g/mol. The summed E-state index contributed by atoms with van der Waals surface area (Å²) >= 11 is 3.70. The average Bonchev–Trinajstić information content (AvgIpc) is 1.38. The van der Waals surface area contributed by atoms with Crippen LogP contribution in [-0.2, 0) is 0 Å². The molecule has 0 heterocycles. The molecule has 1 N–H and O–H groups in total. The first-order chi connectivity index (χ1) is 2.27. The van der Waals surface area contributed by atoms with Gasteiger partial charge in [0.2, 0.25) is 0 Å². The molecule has 31 valence electrons. The topological polar surface area (TPSA) is 20.2 Å². The molecule has 0 saturated carbocycles. The minimum absolute atomic E-state index is 0.444. The fourth-order valence-corrected chi connectivity index (χ4v) is 0. The van der Waals surface area contributed by atoms with E-state index in [-0.39, 0.29) is 0 Å². The molecule has 0 amide bonds. The molecule has 1 radical (unpaired) electrons. The van der Waals surface area contributed by atoms with E-state index in [2.05, 4.69) is 19.6 Å². The van der Waals surface area contributed by atoms with E-state index < -0.39 is 6.10 Å². The summed E-state index contributed by atoms with van der Waals surface area (Å²) in [5.41, 5.74) is 0. The molecular weight excluding hydrogens is 84.1 g/mol. The summed E-state index contributed by atoms with van der Waals surface area (Å²) in [5, 5.41) is 8.17. The van der Waals surface area contributed by atoms with E-state index in [0.29, 0.717) is 5.75 Å². The molecule has 5 heavy (non-hydrogen) atoms. The monoisotopic (exact) mass is 91.0 g/mol. The first-order valence-electron chi connectivity index (χ1n) is 1.39. The third-order valence-electron chi connectivity index (χ3n) is 0.211. The van der Waals surface area contributed by atoms with Crippen LogP contribution in [0.15, 0.2) is 0 Å². The van der Waals surface area contributed by atoms with Crippen molar-refractivity contribution in [3.05, 3.63) is 6.92 Å². The molecule has 1 atom stereocenters. The van der Waals surface area contributed by atoms with Crippen LogP contribution in [0, 0.1) is 6.92 Å². The van der Waals surface area contributed by atoms with Gasteiger partial charge in [-0.2, -0.15) is 12.6 Å². The highest BCUT2D eigenvalue weighted by atomic mass is 32.1. The van der Waals surface area contributed by atoms with E-state index >= 15 is 0 Å². The van der Waals surface area contributed by atoms with Gasteiger partial charge >= 0.3 is 0 Å². The number of aliphatic hydroxyl groups excluding tert-OH is 1. The van der Waals surface area contributed by atoms with Crippen molar-refractivity contribution in [3.8, 4) is 0 Å². The predicted octanol–water partition coefficient (Wildman–Crippen LogP) is 0.111. The molecule has 0 aromatic rings. The molecule has 0 aromatic heterocycles. The van der Waals surface area contributed by atoms with Gasteiger partial charge < -0.3 is 5.11 Å². The molecule has 0 aliphatic heterocycles. The molecular formula is C3H7OS. The van der Waals surface area contributed by atoms with Gasteiger partial charge in [0.15, 0.2) is 0 Å². The lowest BCUT2D eigenvalue weighted by molar-refractivity contribution is 0.246.